The number of methoxy groups -OCH3 is 1. The van der Waals surface area contributed by atoms with E-state index in [0.717, 1.165) is 17.0 Å². The van der Waals surface area contributed by atoms with Gasteiger partial charge in [-0.1, -0.05) is 73.1 Å². The lowest BCUT2D eigenvalue weighted by Crippen LogP contribution is -2.60. The smallest absolute Gasteiger partial charge is 0.329 e. The molecule has 2 bridgehead atoms. The number of aliphatic hydroxyl groups is 1. The number of aliphatic hydroxyl groups excluding tert-OH is 1. The van der Waals surface area contributed by atoms with E-state index < -0.39 is 65.5 Å². The van der Waals surface area contributed by atoms with E-state index in [1.165, 1.54) is 11.9 Å². The molecule has 0 saturated carbocycles. The second kappa shape index (κ2) is 21.1. The van der Waals surface area contributed by atoms with Crippen LogP contribution in [0.15, 0.2) is 40.9 Å². The number of carbonyl (C=O) groups excluding carboxylic acids is 5. The Morgan fingerprint density at radius 3 is 2.32 bits per heavy atom. The molecule has 0 unspecified atom stereocenters. The highest BCUT2D eigenvalue weighted by Crippen LogP contribution is 2.34. The van der Waals surface area contributed by atoms with Gasteiger partial charge < -0.3 is 35.0 Å². The molecule has 0 aromatic heterocycles. The molecule has 10 atom stereocenters. The fraction of sp³-hybridized carbons (Fsp3) is 0.689. The minimum absolute atomic E-state index is 0.00429. The van der Waals surface area contributed by atoms with E-state index in [2.05, 4.69) is 10.6 Å². The number of benzene rings is 1. The molecular weight excluding hydrogens is 771 g/mol. The Hall–Kier alpha value is -3.91. The summed E-state index contributed by atoms with van der Waals surface area (Å²) < 4.78 is 11.6. The van der Waals surface area contributed by atoms with Crippen LogP contribution in [-0.2, 0) is 35.1 Å². The van der Waals surface area contributed by atoms with Crippen LogP contribution < -0.4 is 15.4 Å². The summed E-state index contributed by atoms with van der Waals surface area (Å²) >= 11 is 1.56. The topological polar surface area (TPSA) is 167 Å². The number of likely N-dealkylation sites (N-methyl/N-ethyl adjacent to an activating group) is 1. The van der Waals surface area contributed by atoms with Gasteiger partial charge in [0.15, 0.2) is 0 Å². The van der Waals surface area contributed by atoms with Crippen LogP contribution in [0.1, 0.15) is 106 Å². The number of carbonyl (C=O) groups is 5. The molecule has 3 aliphatic rings. The van der Waals surface area contributed by atoms with Crippen molar-refractivity contribution in [3.8, 4) is 5.75 Å². The number of ether oxygens (including phenoxy) is 2. The Balaban J connectivity index is 1.73. The van der Waals surface area contributed by atoms with Crippen molar-refractivity contribution in [2.24, 2.45) is 28.2 Å². The third kappa shape index (κ3) is 12.6. The van der Waals surface area contributed by atoms with E-state index in [1.807, 2.05) is 60.6 Å². The van der Waals surface area contributed by atoms with Gasteiger partial charge in [0, 0.05) is 37.3 Å². The van der Waals surface area contributed by atoms with Crippen LogP contribution in [0.25, 0.3) is 0 Å². The second-order valence-electron chi connectivity index (χ2n) is 18.0. The van der Waals surface area contributed by atoms with E-state index in [4.69, 9.17) is 14.5 Å². The molecule has 14 heteroatoms. The number of hydrogen-bond acceptors (Lipinski definition) is 10. The zero-order valence-electron chi connectivity index (χ0n) is 37.1. The van der Waals surface area contributed by atoms with Gasteiger partial charge in [-0.15, -0.1) is 11.8 Å². The highest BCUT2D eigenvalue weighted by Gasteiger charge is 2.42. The van der Waals surface area contributed by atoms with Gasteiger partial charge in [-0.3, -0.25) is 24.2 Å². The number of esters is 1. The maximum atomic E-state index is 14.5. The lowest BCUT2D eigenvalue weighted by molar-refractivity contribution is -0.168. The first-order chi connectivity index (χ1) is 27.7. The summed E-state index contributed by atoms with van der Waals surface area (Å²) in [6, 6.07) is 3.09. The molecule has 3 N–H and O–H groups in total. The Morgan fingerprint density at radius 1 is 1.02 bits per heavy atom. The van der Waals surface area contributed by atoms with Crippen molar-refractivity contribution in [1.82, 2.24) is 20.4 Å². The maximum Gasteiger partial charge on any atom is 0.329 e. The Kier molecular flexibility index (Phi) is 17.0. The van der Waals surface area contributed by atoms with E-state index in [0.29, 0.717) is 55.7 Å². The fourth-order valence-electron chi connectivity index (χ4n) is 7.81. The van der Waals surface area contributed by atoms with Crippen LogP contribution in [0, 0.1) is 23.2 Å². The van der Waals surface area contributed by atoms with Crippen molar-refractivity contribution in [1.29, 1.82) is 0 Å². The van der Waals surface area contributed by atoms with E-state index in [9.17, 15) is 29.1 Å². The van der Waals surface area contributed by atoms with E-state index in [-0.39, 0.29) is 36.1 Å². The number of fused-ring (bicyclic) bond motifs is 2. The molecule has 59 heavy (non-hydrogen) atoms. The van der Waals surface area contributed by atoms with Crippen molar-refractivity contribution in [3.63, 3.8) is 0 Å². The molecule has 4 amide bonds. The van der Waals surface area contributed by atoms with E-state index >= 15 is 0 Å². The lowest BCUT2D eigenvalue weighted by atomic mass is 9.81. The van der Waals surface area contributed by atoms with Crippen molar-refractivity contribution in [2.45, 2.75) is 150 Å². The number of thioether (sulfide) groups is 1. The normalized spacial score (nSPS) is 31.7. The molecule has 0 radical (unpaired) electrons. The van der Waals surface area contributed by atoms with Gasteiger partial charge in [-0.2, -0.15) is 0 Å². The quantitative estimate of drug-likeness (QED) is 0.333. The fourth-order valence-corrected chi connectivity index (χ4v) is 8.95. The van der Waals surface area contributed by atoms with Gasteiger partial charge in [0.1, 0.15) is 36.0 Å². The average Bonchev–Trinajstić information content (AvgIpc) is 3.68. The molecule has 0 aliphatic carbocycles. The highest BCUT2D eigenvalue weighted by molar-refractivity contribution is 8.14. The highest BCUT2D eigenvalue weighted by atomic mass is 32.2. The minimum atomic E-state index is -1.04. The van der Waals surface area contributed by atoms with Crippen LogP contribution in [0.3, 0.4) is 0 Å². The largest absolute Gasteiger partial charge is 0.497 e. The van der Waals surface area contributed by atoms with Gasteiger partial charge in [0.05, 0.1) is 24.3 Å². The molecule has 13 nitrogen and oxygen atoms in total. The predicted molar refractivity (Wildman–Crippen MR) is 232 cm³/mol. The monoisotopic (exact) mass is 839 g/mol. The molecule has 328 valence electrons. The summed E-state index contributed by atoms with van der Waals surface area (Å²) in [4.78, 5) is 78.5. The molecule has 0 spiro atoms. The summed E-state index contributed by atoms with van der Waals surface area (Å²) in [6.45, 7) is 17.5. The number of aliphatic imine (C=N–C) groups is 1. The van der Waals surface area contributed by atoms with Gasteiger partial charge >= 0.3 is 5.97 Å². The van der Waals surface area contributed by atoms with Crippen LogP contribution >= 0.6 is 11.8 Å². The maximum absolute atomic E-state index is 14.5. The predicted octanol–water partition coefficient (Wildman–Crippen LogP) is 5.33. The summed E-state index contributed by atoms with van der Waals surface area (Å²) in [7, 11) is 3.08. The van der Waals surface area contributed by atoms with Crippen LogP contribution in [0.2, 0.25) is 0 Å². The second-order valence-corrected chi connectivity index (χ2v) is 19.1. The summed E-state index contributed by atoms with van der Waals surface area (Å²) in [6.07, 6.45) is 4.22. The van der Waals surface area contributed by atoms with Gasteiger partial charge in [0.2, 0.25) is 23.6 Å². The van der Waals surface area contributed by atoms with Gasteiger partial charge in [0.25, 0.3) is 0 Å². The SMILES string of the molecule is CC[C@H](C)[C@@H]1NC(=O)[C@H](C)N(C)C(=O)[C@H](Cc2ccc(OC)cc2)NC(=O)/C(C)=C/[C@H]2CSC(=N2)[C@@H](C)[C@@H](O)C[C@H](C)C[C@@H](C(C)(C)C)OC(=O)[C@@H]2CCCCN2C1=O. The molecule has 3 heterocycles. The molecule has 1 saturated heterocycles. The molecular formula is C45H69N5O8S. The third-order valence-corrected chi connectivity index (χ3v) is 13.6. The molecule has 1 aromatic carbocycles. The van der Waals surface area contributed by atoms with Crippen LogP contribution in [0.5, 0.6) is 5.75 Å². The zero-order chi connectivity index (χ0) is 43.8. The number of hydrogen-bond donors (Lipinski definition) is 3. The summed E-state index contributed by atoms with van der Waals surface area (Å²) in [5.41, 5.74) is 0.751. The number of piperidine rings is 1. The molecule has 1 aromatic rings. The minimum Gasteiger partial charge on any atom is -0.497 e. The first-order valence-electron chi connectivity index (χ1n) is 21.3. The average molecular weight is 840 g/mol. The standard InChI is InChI=1S/C45H69N5O8S/c1-12-27(3)38-43(55)50-20-14-13-15-35(50)44(56)58-37(45(7,8)9)22-26(2)21-36(51)29(5)41-46-32(25-59-41)23-28(4)39(52)47-34(24-31-16-18-33(57-11)19-17-31)42(54)49(10)30(6)40(53)48-38/h16-19,23,26-27,29-30,32,34-38,51H,12-15,20-22,24-25H2,1-11H3,(H,47,52)(H,48,53)/b28-23+/t26-,27-,29-,30-,32-,34-,35-,36-,37-,38-/m0/s1. The molecule has 4 rings (SSSR count). The van der Waals surface area contributed by atoms with Crippen molar-refractivity contribution in [3.05, 3.63) is 41.5 Å². The summed E-state index contributed by atoms with van der Waals surface area (Å²) in [5, 5.41) is 18.1. The van der Waals surface area contributed by atoms with Crippen molar-refractivity contribution in [2.75, 3.05) is 26.5 Å². The summed E-state index contributed by atoms with van der Waals surface area (Å²) in [5.74, 6) is -1.56. The third-order valence-electron chi connectivity index (χ3n) is 12.3. The molecule has 3 aliphatic heterocycles. The van der Waals surface area contributed by atoms with E-state index in [1.54, 1.807) is 55.8 Å². The van der Waals surface area contributed by atoms with Crippen molar-refractivity contribution < 1.29 is 38.6 Å². The lowest BCUT2D eigenvalue weighted by Gasteiger charge is -2.40. The van der Waals surface area contributed by atoms with Crippen LogP contribution in [0.4, 0.5) is 0 Å². The first kappa shape index (κ1) is 47.8. The Morgan fingerprint density at radius 2 is 1.69 bits per heavy atom. The zero-order valence-corrected chi connectivity index (χ0v) is 37.9. The van der Waals surface area contributed by atoms with Gasteiger partial charge in [-0.05, 0) is 80.9 Å². The van der Waals surface area contributed by atoms with Crippen molar-refractivity contribution >= 4 is 46.4 Å². The number of amides is 4. The van der Waals surface area contributed by atoms with Gasteiger partial charge in [-0.25, -0.2) is 4.79 Å². The number of nitrogens with one attached hydrogen (secondary N) is 2. The number of cyclic esters (lactones) is 1. The first-order valence-corrected chi connectivity index (χ1v) is 22.3. The number of rotatable bonds is 5. The molecule has 1 fully saturated rings. The Labute approximate surface area is 355 Å². The van der Waals surface area contributed by atoms with Crippen LogP contribution in [-0.4, -0.2) is 118 Å². The Bertz CT molecular complexity index is 1710. The number of nitrogens with zero attached hydrogens (tertiary/aromatic N) is 3.